The summed E-state index contributed by atoms with van der Waals surface area (Å²) in [6, 6.07) is 18.2. The Bertz CT molecular complexity index is 1250. The quantitative estimate of drug-likeness (QED) is 0.315. The van der Waals surface area contributed by atoms with E-state index in [4.69, 9.17) is 0 Å². The minimum Gasteiger partial charge on any atom is -0.325 e. The maximum Gasteiger partial charge on any atom is 0.234 e. The van der Waals surface area contributed by atoms with Crippen molar-refractivity contribution in [3.63, 3.8) is 0 Å². The van der Waals surface area contributed by atoms with Crippen LogP contribution < -0.4 is 5.32 Å². The number of nitrogens with zero attached hydrogens (tertiary/aromatic N) is 4. The number of para-hydroxylation sites is 2. The topological polar surface area (TPSA) is 72.7 Å². The molecule has 4 rings (SSSR count). The summed E-state index contributed by atoms with van der Waals surface area (Å²) in [7, 11) is 0. The van der Waals surface area contributed by atoms with Gasteiger partial charge >= 0.3 is 0 Å². The monoisotopic (exact) mass is 471 g/mol. The number of hydrogen-bond donors (Lipinski definition) is 1. The second kappa shape index (κ2) is 11.1. The van der Waals surface area contributed by atoms with Crippen molar-refractivity contribution >= 4 is 23.4 Å². The third-order valence-corrected chi connectivity index (χ3v) is 6.68. The highest BCUT2D eigenvalue weighted by atomic mass is 32.2. The predicted octanol–water partition coefficient (Wildman–Crippen LogP) is 5.75. The minimum absolute atomic E-state index is 0.0668. The van der Waals surface area contributed by atoms with E-state index in [0.717, 1.165) is 47.6 Å². The molecule has 34 heavy (non-hydrogen) atoms. The van der Waals surface area contributed by atoms with E-state index in [2.05, 4.69) is 64.0 Å². The number of hydrogen-bond acceptors (Lipinski definition) is 5. The largest absolute Gasteiger partial charge is 0.325 e. The number of amides is 1. The molecule has 174 valence electrons. The molecule has 4 aromatic rings. The lowest BCUT2D eigenvalue weighted by Gasteiger charge is -2.18. The highest BCUT2D eigenvalue weighted by Gasteiger charge is 2.21. The highest BCUT2D eigenvalue weighted by Crippen LogP contribution is 2.32. The smallest absolute Gasteiger partial charge is 0.234 e. The summed E-state index contributed by atoms with van der Waals surface area (Å²) in [5, 5.41) is 12.8. The number of aromatic nitrogens is 4. The van der Waals surface area contributed by atoms with Crippen molar-refractivity contribution in [3.05, 3.63) is 83.7 Å². The van der Waals surface area contributed by atoms with Gasteiger partial charge in [-0.15, -0.1) is 10.2 Å². The highest BCUT2D eigenvalue weighted by molar-refractivity contribution is 7.99. The first-order valence-electron chi connectivity index (χ1n) is 11.6. The zero-order chi connectivity index (χ0) is 23.9. The second-order valence-electron chi connectivity index (χ2n) is 7.86. The van der Waals surface area contributed by atoms with Gasteiger partial charge in [-0.05, 0) is 54.2 Å². The lowest BCUT2D eigenvalue weighted by Crippen LogP contribution is -2.16. The fourth-order valence-corrected chi connectivity index (χ4v) is 4.75. The van der Waals surface area contributed by atoms with Crippen molar-refractivity contribution < 1.29 is 4.79 Å². The molecule has 6 nitrogen and oxygen atoms in total. The minimum atomic E-state index is -0.0668. The average Bonchev–Trinajstić information content (AvgIpc) is 3.31. The van der Waals surface area contributed by atoms with E-state index in [1.165, 1.54) is 22.9 Å². The molecule has 7 heteroatoms. The molecule has 0 saturated carbocycles. The van der Waals surface area contributed by atoms with Crippen LogP contribution in [0.5, 0.6) is 0 Å². The lowest BCUT2D eigenvalue weighted by molar-refractivity contribution is -0.113. The average molecular weight is 472 g/mol. The lowest BCUT2D eigenvalue weighted by atomic mass is 10.0. The Morgan fingerprint density at radius 2 is 1.59 bits per heavy atom. The molecule has 0 fully saturated rings. The van der Waals surface area contributed by atoms with Gasteiger partial charge in [-0.1, -0.05) is 68.9 Å². The van der Waals surface area contributed by atoms with E-state index in [1.54, 1.807) is 12.4 Å². The van der Waals surface area contributed by atoms with E-state index in [9.17, 15) is 4.79 Å². The summed E-state index contributed by atoms with van der Waals surface area (Å²) in [5.41, 5.74) is 6.39. The Kier molecular flexibility index (Phi) is 7.75. The number of carbonyl (C=O) groups is 1. The van der Waals surface area contributed by atoms with Gasteiger partial charge in [-0.25, -0.2) is 0 Å². The van der Waals surface area contributed by atoms with Crippen LogP contribution in [0.3, 0.4) is 0 Å². The van der Waals surface area contributed by atoms with Crippen LogP contribution in [-0.2, 0) is 24.1 Å². The molecular formula is C27H29N5OS. The van der Waals surface area contributed by atoms with Crippen LogP contribution in [0.4, 0.5) is 5.69 Å². The van der Waals surface area contributed by atoms with Crippen LogP contribution >= 0.6 is 11.8 Å². The molecule has 0 unspecified atom stereocenters. The first-order valence-corrected chi connectivity index (χ1v) is 12.6. The zero-order valence-electron chi connectivity index (χ0n) is 19.8. The molecule has 2 heterocycles. The molecular weight excluding hydrogens is 442 g/mol. The normalized spacial score (nSPS) is 10.9. The molecule has 1 amide bonds. The first-order chi connectivity index (χ1) is 16.7. The van der Waals surface area contributed by atoms with Gasteiger partial charge in [-0.3, -0.25) is 14.3 Å². The molecule has 2 aromatic carbocycles. The van der Waals surface area contributed by atoms with Crippen molar-refractivity contribution in [2.75, 3.05) is 11.1 Å². The maximum absolute atomic E-state index is 12.8. The van der Waals surface area contributed by atoms with Crippen molar-refractivity contribution in [1.29, 1.82) is 0 Å². The van der Waals surface area contributed by atoms with Crippen LogP contribution in [0.1, 0.15) is 37.5 Å². The number of nitrogens with one attached hydrogen (secondary N) is 1. The number of pyridine rings is 1. The molecule has 0 bridgehead atoms. The van der Waals surface area contributed by atoms with Gasteiger partial charge in [0.15, 0.2) is 11.0 Å². The summed E-state index contributed by atoms with van der Waals surface area (Å²) >= 11 is 1.39. The van der Waals surface area contributed by atoms with Gasteiger partial charge in [0, 0.05) is 23.6 Å². The SMILES string of the molecule is CCc1ccccc1NC(=O)CSc1nnc(-c2cccnc2)n1-c1c(CC)cccc1CC. The Labute approximate surface area is 204 Å². The van der Waals surface area contributed by atoms with Gasteiger partial charge in [0.25, 0.3) is 0 Å². The summed E-state index contributed by atoms with van der Waals surface area (Å²) in [5.74, 6) is 0.893. The van der Waals surface area contributed by atoms with Crippen LogP contribution in [0.25, 0.3) is 17.1 Å². The Balaban J connectivity index is 1.69. The van der Waals surface area contributed by atoms with E-state index >= 15 is 0 Å². The van der Waals surface area contributed by atoms with Crippen molar-refractivity contribution in [3.8, 4) is 17.1 Å². The third kappa shape index (κ3) is 5.04. The zero-order valence-corrected chi connectivity index (χ0v) is 20.6. The summed E-state index contributed by atoms with van der Waals surface area (Å²) in [4.78, 5) is 17.1. The molecule has 2 aromatic heterocycles. The van der Waals surface area contributed by atoms with Gasteiger partial charge < -0.3 is 5.32 Å². The second-order valence-corrected chi connectivity index (χ2v) is 8.81. The van der Waals surface area contributed by atoms with Gasteiger partial charge in [0.1, 0.15) is 0 Å². The number of benzene rings is 2. The third-order valence-electron chi connectivity index (χ3n) is 5.75. The van der Waals surface area contributed by atoms with E-state index in [0.29, 0.717) is 5.16 Å². The van der Waals surface area contributed by atoms with Crippen molar-refractivity contribution in [2.24, 2.45) is 0 Å². The molecule has 0 saturated heterocycles. The molecule has 0 aliphatic rings. The van der Waals surface area contributed by atoms with Gasteiger partial charge in [0.2, 0.25) is 5.91 Å². The number of carbonyl (C=O) groups excluding carboxylic acids is 1. The standard InChI is InChI=1S/C27H29N5OS/c1-4-19-11-7-8-15-23(19)29-24(33)18-34-27-31-30-26(22-14-10-16-28-17-22)32(27)25-20(5-2)12-9-13-21(25)6-3/h7-17H,4-6,18H2,1-3H3,(H,29,33). The van der Waals surface area contributed by atoms with Crippen LogP contribution in [0.2, 0.25) is 0 Å². The predicted molar refractivity (Wildman–Crippen MR) is 139 cm³/mol. The van der Waals surface area contributed by atoms with Gasteiger partial charge in [-0.2, -0.15) is 0 Å². The van der Waals surface area contributed by atoms with Crippen LogP contribution in [-0.4, -0.2) is 31.4 Å². The van der Waals surface area contributed by atoms with E-state index < -0.39 is 0 Å². The summed E-state index contributed by atoms with van der Waals surface area (Å²) < 4.78 is 2.09. The summed E-state index contributed by atoms with van der Waals surface area (Å²) in [6.07, 6.45) is 6.16. The Morgan fingerprint density at radius 1 is 0.882 bits per heavy atom. The fraction of sp³-hybridized carbons (Fsp3) is 0.259. The number of thioether (sulfide) groups is 1. The molecule has 1 N–H and O–H groups in total. The van der Waals surface area contributed by atoms with E-state index in [1.807, 2.05) is 36.4 Å². The first kappa shape index (κ1) is 23.7. The Morgan fingerprint density at radius 3 is 2.26 bits per heavy atom. The molecule has 0 atom stereocenters. The number of rotatable bonds is 9. The van der Waals surface area contributed by atoms with Crippen molar-refractivity contribution in [1.82, 2.24) is 19.7 Å². The fourth-order valence-electron chi connectivity index (χ4n) is 4.02. The summed E-state index contributed by atoms with van der Waals surface area (Å²) in [6.45, 7) is 6.38. The van der Waals surface area contributed by atoms with Crippen LogP contribution in [0.15, 0.2) is 72.1 Å². The molecule has 0 radical (unpaired) electrons. The van der Waals surface area contributed by atoms with Gasteiger partial charge in [0.05, 0.1) is 11.4 Å². The molecule has 0 aliphatic carbocycles. The number of anilines is 1. The van der Waals surface area contributed by atoms with E-state index in [-0.39, 0.29) is 11.7 Å². The Hall–Kier alpha value is -3.45. The van der Waals surface area contributed by atoms with Crippen molar-refractivity contribution in [2.45, 2.75) is 45.2 Å². The maximum atomic E-state index is 12.8. The molecule has 0 spiro atoms. The number of aryl methyl sites for hydroxylation is 3. The molecule has 0 aliphatic heterocycles. The van der Waals surface area contributed by atoms with Crippen LogP contribution in [0, 0.1) is 0 Å².